The van der Waals surface area contributed by atoms with Crippen molar-refractivity contribution in [3.05, 3.63) is 66.2 Å². The summed E-state index contributed by atoms with van der Waals surface area (Å²) in [6, 6.07) is 11.8. The van der Waals surface area contributed by atoms with E-state index in [-0.39, 0.29) is 17.7 Å². The molecule has 2 aromatic carbocycles. The minimum Gasteiger partial charge on any atom is -0.457 e. The smallest absolute Gasteiger partial charge is 0.265 e. The second-order valence-electron chi connectivity index (χ2n) is 8.18. The molecule has 1 saturated heterocycles. The monoisotopic (exact) mass is 458 g/mol. The Kier molecular flexibility index (Phi) is 7.38. The molecule has 0 aliphatic carbocycles. The van der Waals surface area contributed by atoms with E-state index in [9.17, 15) is 18.4 Å². The number of sulfone groups is 1. The Morgan fingerprint density at radius 1 is 1.12 bits per heavy atom. The first-order valence-corrected chi connectivity index (χ1v) is 12.1. The molecule has 0 aromatic heterocycles. The number of ether oxygens (including phenoxy) is 1. The highest BCUT2D eigenvalue weighted by Gasteiger charge is 2.52. The highest BCUT2D eigenvalue weighted by atomic mass is 32.2. The fourth-order valence-corrected chi connectivity index (χ4v) is 5.91. The Hall–Kier alpha value is -2.68. The fourth-order valence-electron chi connectivity index (χ4n) is 3.96. The summed E-state index contributed by atoms with van der Waals surface area (Å²) < 4.78 is 31.2. The van der Waals surface area contributed by atoms with E-state index in [1.54, 1.807) is 23.7 Å². The number of carbonyl (C=O) groups excluding carboxylic acids is 1. The summed E-state index contributed by atoms with van der Waals surface area (Å²) in [5.74, 6) is 0.259. The summed E-state index contributed by atoms with van der Waals surface area (Å²) in [5.41, 5.74) is 3.84. The van der Waals surface area contributed by atoms with Gasteiger partial charge in [-0.25, -0.2) is 13.9 Å². The van der Waals surface area contributed by atoms with Gasteiger partial charge >= 0.3 is 0 Å². The highest BCUT2D eigenvalue weighted by Crippen LogP contribution is 2.37. The van der Waals surface area contributed by atoms with Crippen LogP contribution in [0.3, 0.4) is 0 Å². The van der Waals surface area contributed by atoms with Crippen molar-refractivity contribution in [2.24, 2.45) is 0 Å². The van der Waals surface area contributed by atoms with Crippen molar-refractivity contribution in [3.8, 4) is 11.5 Å². The van der Waals surface area contributed by atoms with Crippen molar-refractivity contribution in [1.29, 1.82) is 0 Å². The second-order valence-corrected chi connectivity index (χ2v) is 10.4. The number of hydrogen-bond donors (Lipinski definition) is 2. The Bertz CT molecular complexity index is 1070. The van der Waals surface area contributed by atoms with E-state index in [1.165, 1.54) is 12.1 Å². The predicted molar refractivity (Wildman–Crippen MR) is 123 cm³/mol. The molecule has 1 aliphatic heterocycles. The van der Waals surface area contributed by atoms with E-state index in [2.05, 4.69) is 11.5 Å². The molecule has 0 saturated carbocycles. The molecule has 1 fully saturated rings. The molecule has 0 radical (unpaired) electrons. The van der Waals surface area contributed by atoms with Gasteiger partial charge in [0.2, 0.25) is 0 Å². The molecule has 7 nitrogen and oxygen atoms in total. The minimum atomic E-state index is -4.06. The zero-order chi connectivity index (χ0) is 23.4. The van der Waals surface area contributed by atoms with E-state index in [0.29, 0.717) is 24.6 Å². The van der Waals surface area contributed by atoms with Crippen LogP contribution in [0.25, 0.3) is 0 Å². The number of aryl methyl sites for hydroxylation is 2. The van der Waals surface area contributed by atoms with Crippen molar-refractivity contribution in [3.63, 3.8) is 0 Å². The number of piperidine rings is 1. The van der Waals surface area contributed by atoms with Crippen LogP contribution >= 0.6 is 0 Å². The molecule has 0 atom stereocenters. The molecule has 2 N–H and O–H groups in total. The lowest BCUT2D eigenvalue weighted by Gasteiger charge is -2.39. The van der Waals surface area contributed by atoms with Crippen LogP contribution in [0.4, 0.5) is 0 Å². The minimum absolute atomic E-state index is 0.0214. The maximum atomic E-state index is 13.5. The number of carbonyl (C=O) groups is 1. The standard InChI is InChI=1S/C24H30N2O5S/c1-4-5-14-26-15-12-24(13-16-26,23(27)25-28)32(29,30)22-10-8-20(9-11-22)31-21-7-6-18(2)19(3)17-21/h4,6-11,17,28H,1,5,12-16H2,2-3H3,(H,25,27). The SMILES string of the molecule is C=CCCN1CCC(C(=O)NO)(S(=O)(=O)c2ccc(Oc3ccc(C)c(C)c3)cc2)CC1. The number of amides is 1. The molecule has 0 unspecified atom stereocenters. The van der Waals surface area contributed by atoms with Crippen molar-refractivity contribution in [1.82, 2.24) is 10.4 Å². The number of nitrogens with zero attached hydrogens (tertiary/aromatic N) is 1. The number of hydroxylamine groups is 1. The lowest BCUT2D eigenvalue weighted by atomic mass is 9.94. The maximum absolute atomic E-state index is 13.5. The Labute approximate surface area is 189 Å². The molecule has 8 heteroatoms. The van der Waals surface area contributed by atoms with Crippen molar-refractivity contribution in [2.75, 3.05) is 19.6 Å². The van der Waals surface area contributed by atoms with E-state index >= 15 is 0 Å². The maximum Gasteiger partial charge on any atom is 0.265 e. The third-order valence-electron chi connectivity index (χ3n) is 6.19. The molecule has 1 amide bonds. The van der Waals surface area contributed by atoms with Gasteiger partial charge in [0.25, 0.3) is 5.91 Å². The van der Waals surface area contributed by atoms with Crippen LogP contribution in [-0.4, -0.2) is 48.8 Å². The van der Waals surface area contributed by atoms with Gasteiger partial charge < -0.3 is 9.64 Å². The molecular weight excluding hydrogens is 428 g/mol. The van der Waals surface area contributed by atoms with E-state index < -0.39 is 20.5 Å². The van der Waals surface area contributed by atoms with Gasteiger partial charge in [0.15, 0.2) is 14.6 Å². The number of rotatable bonds is 8. The van der Waals surface area contributed by atoms with Gasteiger partial charge in [-0.05, 0) is 80.6 Å². The average molecular weight is 459 g/mol. The number of hydrogen-bond acceptors (Lipinski definition) is 6. The topological polar surface area (TPSA) is 95.9 Å². The van der Waals surface area contributed by atoms with E-state index in [1.807, 2.05) is 32.0 Å². The third kappa shape index (κ3) is 4.72. The van der Waals surface area contributed by atoms with E-state index in [4.69, 9.17) is 4.74 Å². The van der Waals surface area contributed by atoms with Gasteiger partial charge in [-0.15, -0.1) is 6.58 Å². The first-order valence-electron chi connectivity index (χ1n) is 10.6. The van der Waals surface area contributed by atoms with Crippen LogP contribution in [0.1, 0.15) is 30.4 Å². The van der Waals surface area contributed by atoms with Crippen LogP contribution in [0.2, 0.25) is 0 Å². The first kappa shape index (κ1) is 24.0. The molecule has 0 spiro atoms. The normalized spacial score (nSPS) is 16.3. The van der Waals surface area contributed by atoms with E-state index in [0.717, 1.165) is 24.1 Å². The molecule has 2 aromatic rings. The Morgan fingerprint density at radius 2 is 1.75 bits per heavy atom. The second kappa shape index (κ2) is 9.85. The van der Waals surface area contributed by atoms with Gasteiger partial charge in [0.1, 0.15) is 11.5 Å². The zero-order valence-corrected chi connectivity index (χ0v) is 19.3. The van der Waals surface area contributed by atoms with Crippen LogP contribution in [0, 0.1) is 13.8 Å². The van der Waals surface area contributed by atoms with Gasteiger partial charge in [-0.1, -0.05) is 12.1 Å². The number of nitrogens with one attached hydrogen (secondary N) is 1. The average Bonchev–Trinajstić information content (AvgIpc) is 2.80. The largest absolute Gasteiger partial charge is 0.457 e. The van der Waals surface area contributed by atoms with Crippen molar-refractivity contribution < 1.29 is 23.2 Å². The van der Waals surface area contributed by atoms with Gasteiger partial charge in [0, 0.05) is 19.6 Å². The third-order valence-corrected chi connectivity index (χ3v) is 8.71. The summed E-state index contributed by atoms with van der Waals surface area (Å²) in [6.07, 6.45) is 2.79. The lowest BCUT2D eigenvalue weighted by molar-refractivity contribution is -0.133. The van der Waals surface area contributed by atoms with Gasteiger partial charge in [0.05, 0.1) is 4.90 Å². The molecule has 32 heavy (non-hydrogen) atoms. The summed E-state index contributed by atoms with van der Waals surface area (Å²) in [7, 11) is -4.06. The summed E-state index contributed by atoms with van der Waals surface area (Å²) >= 11 is 0. The molecular formula is C24H30N2O5S. The van der Waals surface area contributed by atoms with Crippen LogP contribution in [0.5, 0.6) is 11.5 Å². The van der Waals surface area contributed by atoms with Crippen molar-refractivity contribution in [2.45, 2.75) is 42.8 Å². The fraction of sp³-hybridized carbons (Fsp3) is 0.375. The quantitative estimate of drug-likeness (QED) is 0.355. The molecule has 1 aliphatic rings. The number of benzene rings is 2. The summed E-state index contributed by atoms with van der Waals surface area (Å²) in [6.45, 7) is 9.35. The number of likely N-dealkylation sites (tertiary alicyclic amines) is 1. The Balaban J connectivity index is 1.83. The van der Waals surface area contributed by atoms with Crippen LogP contribution < -0.4 is 10.2 Å². The van der Waals surface area contributed by atoms with Crippen LogP contribution in [0.15, 0.2) is 60.0 Å². The lowest BCUT2D eigenvalue weighted by Crippen LogP contribution is -2.57. The highest BCUT2D eigenvalue weighted by molar-refractivity contribution is 7.93. The first-order chi connectivity index (χ1) is 15.2. The zero-order valence-electron chi connectivity index (χ0n) is 18.5. The predicted octanol–water partition coefficient (Wildman–Crippen LogP) is 3.79. The van der Waals surface area contributed by atoms with Crippen molar-refractivity contribution >= 4 is 15.7 Å². The molecule has 3 rings (SSSR count). The molecule has 172 valence electrons. The van der Waals surface area contributed by atoms with Crippen LogP contribution in [-0.2, 0) is 14.6 Å². The Morgan fingerprint density at radius 3 is 2.31 bits per heavy atom. The summed E-state index contributed by atoms with van der Waals surface area (Å²) in [4.78, 5) is 14.7. The molecule has 0 bridgehead atoms. The summed E-state index contributed by atoms with van der Waals surface area (Å²) in [5, 5.41) is 9.31. The van der Waals surface area contributed by atoms with Gasteiger partial charge in [-0.2, -0.15) is 0 Å². The van der Waals surface area contributed by atoms with Gasteiger partial charge in [-0.3, -0.25) is 10.0 Å². The molecule has 1 heterocycles.